The van der Waals surface area contributed by atoms with E-state index in [-0.39, 0.29) is 0 Å². The highest BCUT2D eigenvalue weighted by Crippen LogP contribution is 2.15. The van der Waals surface area contributed by atoms with Crippen LogP contribution in [0, 0.1) is 12.8 Å². The van der Waals surface area contributed by atoms with Gasteiger partial charge in [-0.25, -0.2) is 0 Å². The predicted molar refractivity (Wildman–Crippen MR) is 121 cm³/mol. The predicted octanol–water partition coefficient (Wildman–Crippen LogP) is 3.96. The number of likely N-dealkylation sites (tertiary alicyclic amines) is 1. The Hall–Kier alpha value is -1.43. The highest BCUT2D eigenvalue weighted by atomic mass is 32.1. The van der Waals surface area contributed by atoms with Gasteiger partial charge in [-0.3, -0.25) is 0 Å². The first-order valence-corrected chi connectivity index (χ1v) is 11.4. The second-order valence-corrected chi connectivity index (χ2v) is 9.27. The molecule has 1 aliphatic heterocycles. The molecule has 0 saturated carbocycles. The fourth-order valence-corrected chi connectivity index (χ4v) is 4.91. The highest BCUT2D eigenvalue weighted by Gasteiger charge is 2.20. The van der Waals surface area contributed by atoms with Crippen molar-refractivity contribution in [2.75, 3.05) is 31.5 Å². The molecule has 1 aromatic heterocycles. The summed E-state index contributed by atoms with van der Waals surface area (Å²) in [5.41, 5.74) is 2.32. The molecule has 3 nitrogen and oxygen atoms in total. The SMILES string of the molecule is Cc1cccc(NC(=S)N(CCC[NH+]2CCCC(C)C2)Cc2cccs2)c1. The topological polar surface area (TPSA) is 19.7 Å². The standard InChI is InChI=1S/C22H31N3S2/c1-18-7-3-9-20(15-18)23-22(26)25(17-21-10-5-14-27-21)13-6-12-24-11-4-8-19(2)16-24/h3,5,7,9-10,14-15,19H,4,6,8,11-13,16-17H2,1-2H3,(H,23,26)/p+1. The summed E-state index contributed by atoms with van der Waals surface area (Å²) in [5.74, 6) is 0.875. The van der Waals surface area contributed by atoms with Crippen LogP contribution in [0.1, 0.15) is 36.6 Å². The lowest BCUT2D eigenvalue weighted by atomic mass is 10.0. The van der Waals surface area contributed by atoms with Crippen LogP contribution in [0.25, 0.3) is 0 Å². The van der Waals surface area contributed by atoms with Crippen molar-refractivity contribution < 1.29 is 4.90 Å². The molecule has 2 atom stereocenters. The third-order valence-corrected chi connectivity index (χ3v) is 6.53. The molecule has 1 saturated heterocycles. The normalized spacial score (nSPS) is 19.6. The number of nitrogens with one attached hydrogen (secondary N) is 2. The van der Waals surface area contributed by atoms with E-state index in [1.54, 1.807) is 16.2 Å². The fraction of sp³-hybridized carbons (Fsp3) is 0.500. The van der Waals surface area contributed by atoms with Crippen molar-refractivity contribution in [3.8, 4) is 0 Å². The lowest BCUT2D eigenvalue weighted by molar-refractivity contribution is -0.908. The maximum atomic E-state index is 5.78. The van der Waals surface area contributed by atoms with Gasteiger partial charge in [-0.2, -0.15) is 0 Å². The molecule has 27 heavy (non-hydrogen) atoms. The Kier molecular flexibility index (Phi) is 7.68. The smallest absolute Gasteiger partial charge is 0.173 e. The van der Waals surface area contributed by atoms with Crippen molar-refractivity contribution >= 4 is 34.4 Å². The van der Waals surface area contributed by atoms with E-state index in [1.165, 1.54) is 49.3 Å². The van der Waals surface area contributed by atoms with Gasteiger partial charge in [0.05, 0.1) is 26.2 Å². The minimum atomic E-state index is 0.830. The molecule has 2 N–H and O–H groups in total. The first-order valence-electron chi connectivity index (χ1n) is 10.1. The molecule has 3 rings (SSSR count). The maximum Gasteiger partial charge on any atom is 0.173 e. The van der Waals surface area contributed by atoms with E-state index in [9.17, 15) is 0 Å². The quantitative estimate of drug-likeness (QED) is 0.684. The van der Waals surface area contributed by atoms with Crippen molar-refractivity contribution in [3.63, 3.8) is 0 Å². The van der Waals surface area contributed by atoms with Crippen LogP contribution in [0.15, 0.2) is 41.8 Å². The molecule has 1 fully saturated rings. The number of anilines is 1. The highest BCUT2D eigenvalue weighted by molar-refractivity contribution is 7.80. The van der Waals surface area contributed by atoms with Crippen LogP contribution in [0.2, 0.25) is 0 Å². The largest absolute Gasteiger partial charge is 0.344 e. The van der Waals surface area contributed by atoms with Gasteiger partial charge < -0.3 is 15.1 Å². The lowest BCUT2D eigenvalue weighted by Crippen LogP contribution is -3.13. The van der Waals surface area contributed by atoms with E-state index in [1.807, 2.05) is 0 Å². The van der Waals surface area contributed by atoms with Gasteiger partial charge in [-0.15, -0.1) is 11.3 Å². The molecule has 0 aliphatic carbocycles. The zero-order valence-electron chi connectivity index (χ0n) is 16.5. The van der Waals surface area contributed by atoms with Gasteiger partial charge in [0.2, 0.25) is 0 Å². The van der Waals surface area contributed by atoms with Crippen LogP contribution >= 0.6 is 23.6 Å². The van der Waals surface area contributed by atoms with Crippen LogP contribution in [0.3, 0.4) is 0 Å². The number of piperidine rings is 1. The van der Waals surface area contributed by atoms with Gasteiger partial charge in [0.15, 0.2) is 5.11 Å². The van der Waals surface area contributed by atoms with E-state index < -0.39 is 0 Å². The second kappa shape index (κ2) is 10.2. The maximum absolute atomic E-state index is 5.78. The molecule has 1 aromatic carbocycles. The first-order chi connectivity index (χ1) is 13.1. The number of benzene rings is 1. The molecule has 0 amide bonds. The molecule has 5 heteroatoms. The van der Waals surface area contributed by atoms with E-state index in [0.29, 0.717) is 0 Å². The molecule has 146 valence electrons. The third-order valence-electron chi connectivity index (χ3n) is 5.31. The summed E-state index contributed by atoms with van der Waals surface area (Å²) < 4.78 is 0. The summed E-state index contributed by atoms with van der Waals surface area (Å²) in [6.07, 6.45) is 3.96. The Morgan fingerprint density at radius 3 is 2.96 bits per heavy atom. The number of nitrogens with zero attached hydrogens (tertiary/aromatic N) is 1. The van der Waals surface area contributed by atoms with Crippen molar-refractivity contribution in [1.29, 1.82) is 0 Å². The van der Waals surface area contributed by atoms with Crippen LogP contribution in [-0.2, 0) is 6.54 Å². The van der Waals surface area contributed by atoms with Gasteiger partial charge in [0.1, 0.15) is 0 Å². The van der Waals surface area contributed by atoms with Gasteiger partial charge in [0.25, 0.3) is 0 Å². The average molecular weight is 403 g/mol. The molecule has 0 spiro atoms. The van der Waals surface area contributed by atoms with E-state index in [0.717, 1.165) is 29.8 Å². The van der Waals surface area contributed by atoms with E-state index in [2.05, 4.69) is 65.8 Å². The Bertz CT molecular complexity index is 714. The Balaban J connectivity index is 1.57. The van der Waals surface area contributed by atoms with Gasteiger partial charge in [-0.05, 0) is 61.1 Å². The van der Waals surface area contributed by atoms with Gasteiger partial charge in [-0.1, -0.05) is 25.1 Å². The zero-order valence-corrected chi connectivity index (χ0v) is 18.2. The molecule has 0 bridgehead atoms. The van der Waals surface area contributed by atoms with Gasteiger partial charge in [0, 0.05) is 29.4 Å². The minimum Gasteiger partial charge on any atom is -0.344 e. The van der Waals surface area contributed by atoms with Gasteiger partial charge >= 0.3 is 0 Å². The van der Waals surface area contributed by atoms with Crippen molar-refractivity contribution in [2.24, 2.45) is 5.92 Å². The van der Waals surface area contributed by atoms with Crippen LogP contribution in [0.5, 0.6) is 0 Å². The summed E-state index contributed by atoms with van der Waals surface area (Å²) in [4.78, 5) is 5.46. The number of hydrogen-bond donors (Lipinski definition) is 2. The lowest BCUT2D eigenvalue weighted by Gasteiger charge is -2.30. The summed E-state index contributed by atoms with van der Waals surface area (Å²) in [7, 11) is 0. The molecule has 0 radical (unpaired) electrons. The summed E-state index contributed by atoms with van der Waals surface area (Å²) in [6, 6.07) is 12.7. The third kappa shape index (κ3) is 6.59. The van der Waals surface area contributed by atoms with Crippen LogP contribution in [-0.4, -0.2) is 36.2 Å². The molecular formula is C22H32N3S2+. The number of hydrogen-bond acceptors (Lipinski definition) is 2. The molecule has 2 aromatic rings. The molecular weight excluding hydrogens is 370 g/mol. The Morgan fingerprint density at radius 1 is 1.33 bits per heavy atom. The monoisotopic (exact) mass is 402 g/mol. The van der Waals surface area contributed by atoms with Crippen LogP contribution in [0.4, 0.5) is 5.69 Å². The average Bonchev–Trinajstić information content (AvgIpc) is 3.14. The summed E-state index contributed by atoms with van der Waals surface area (Å²) >= 11 is 7.58. The molecule has 2 unspecified atom stereocenters. The summed E-state index contributed by atoms with van der Waals surface area (Å²) in [5, 5.41) is 6.42. The van der Waals surface area contributed by atoms with Crippen molar-refractivity contribution in [3.05, 3.63) is 52.2 Å². The number of thiophene rings is 1. The number of quaternary nitrogens is 1. The van der Waals surface area contributed by atoms with E-state index in [4.69, 9.17) is 12.2 Å². The zero-order chi connectivity index (χ0) is 19.1. The van der Waals surface area contributed by atoms with E-state index >= 15 is 0 Å². The Morgan fingerprint density at radius 2 is 2.22 bits per heavy atom. The number of rotatable bonds is 7. The second-order valence-electron chi connectivity index (χ2n) is 7.86. The fourth-order valence-electron chi connectivity index (χ4n) is 3.91. The Labute approximate surface area is 173 Å². The minimum absolute atomic E-state index is 0.830. The molecule has 1 aliphatic rings. The number of aryl methyl sites for hydroxylation is 1. The summed E-state index contributed by atoms with van der Waals surface area (Å²) in [6.45, 7) is 10.3. The number of thiocarbonyl (C=S) groups is 1. The van der Waals surface area contributed by atoms with Crippen LogP contribution < -0.4 is 10.2 Å². The van der Waals surface area contributed by atoms with Crippen molar-refractivity contribution in [2.45, 2.75) is 39.7 Å². The van der Waals surface area contributed by atoms with Crippen molar-refractivity contribution in [1.82, 2.24) is 4.90 Å². The molecule has 2 heterocycles. The first kappa shape index (κ1) is 20.3.